The molecule has 0 saturated carbocycles. The minimum atomic E-state index is -1.69. The van der Waals surface area contributed by atoms with Crippen LogP contribution in [0.3, 0.4) is 0 Å². The Morgan fingerprint density at radius 3 is 2.54 bits per heavy atom. The maximum Gasteiger partial charge on any atom is 0.239 e. The van der Waals surface area contributed by atoms with Crippen molar-refractivity contribution in [3.05, 3.63) is 29.6 Å². The first-order valence-electron chi connectivity index (χ1n) is 7.58. The van der Waals surface area contributed by atoms with Crippen LogP contribution in [0.25, 0.3) is 0 Å². The molecule has 1 atom stereocenters. The molecular weight excluding hydrogens is 325 g/mol. The van der Waals surface area contributed by atoms with Crippen LogP contribution < -0.4 is 10.6 Å². The summed E-state index contributed by atoms with van der Waals surface area (Å²) in [4.78, 5) is 24.4. The molecule has 0 aromatic heterocycles. The van der Waals surface area contributed by atoms with Gasteiger partial charge in [0.2, 0.25) is 11.8 Å². The normalized spacial score (nSPS) is 17.6. The lowest BCUT2D eigenvalue weighted by molar-refractivity contribution is -0.138. The summed E-state index contributed by atoms with van der Waals surface area (Å²) in [5.41, 5.74) is -2.06. The van der Waals surface area contributed by atoms with Crippen LogP contribution in [-0.2, 0) is 14.3 Å². The Kier molecular flexibility index (Phi) is 5.48. The van der Waals surface area contributed by atoms with E-state index in [2.05, 4.69) is 10.6 Å². The van der Waals surface area contributed by atoms with Crippen molar-refractivity contribution in [2.45, 2.75) is 32.8 Å². The van der Waals surface area contributed by atoms with Gasteiger partial charge in [-0.15, -0.1) is 0 Å². The number of carbonyl (C=O) groups excluding carboxylic acids is 2. The van der Waals surface area contributed by atoms with E-state index in [0.717, 1.165) is 18.9 Å². The average molecular weight is 344 g/mol. The average Bonchev–Trinajstić information content (AvgIpc) is 3.06. The summed E-state index contributed by atoms with van der Waals surface area (Å²) >= 11 is 0. The maximum absolute atomic E-state index is 13.6. The summed E-state index contributed by atoms with van der Waals surface area (Å²) < 4.78 is 45.1. The molecule has 0 bridgehead atoms. The zero-order valence-corrected chi connectivity index (χ0v) is 13.4. The van der Waals surface area contributed by atoms with Crippen molar-refractivity contribution in [3.8, 4) is 0 Å². The Morgan fingerprint density at radius 1 is 1.21 bits per heavy atom. The number of anilines is 1. The highest BCUT2D eigenvalue weighted by molar-refractivity contribution is 6.09. The molecule has 2 rings (SSSR count). The van der Waals surface area contributed by atoms with E-state index < -0.39 is 40.4 Å². The van der Waals surface area contributed by atoms with Crippen LogP contribution in [-0.4, -0.2) is 31.1 Å². The third kappa shape index (κ3) is 3.87. The molecule has 24 heavy (non-hydrogen) atoms. The number of nitrogens with one attached hydrogen (secondary N) is 2. The van der Waals surface area contributed by atoms with Crippen LogP contribution in [0.1, 0.15) is 26.7 Å². The van der Waals surface area contributed by atoms with E-state index in [1.54, 1.807) is 0 Å². The summed E-state index contributed by atoms with van der Waals surface area (Å²) in [6.07, 6.45) is 1.66. The summed E-state index contributed by atoms with van der Waals surface area (Å²) in [6.45, 7) is 3.62. The van der Waals surface area contributed by atoms with Gasteiger partial charge in [0.25, 0.3) is 0 Å². The van der Waals surface area contributed by atoms with Gasteiger partial charge in [-0.25, -0.2) is 13.2 Å². The molecule has 2 N–H and O–H groups in total. The van der Waals surface area contributed by atoms with Crippen LogP contribution in [0.15, 0.2) is 12.1 Å². The lowest BCUT2D eigenvalue weighted by atomic mass is 9.90. The first-order valence-corrected chi connectivity index (χ1v) is 7.58. The third-order valence-corrected chi connectivity index (χ3v) is 3.93. The molecule has 0 spiro atoms. The second kappa shape index (κ2) is 7.21. The summed E-state index contributed by atoms with van der Waals surface area (Å²) in [6, 6.07) is 1.59. The van der Waals surface area contributed by atoms with Gasteiger partial charge in [0.1, 0.15) is 5.41 Å². The van der Waals surface area contributed by atoms with Crippen LogP contribution >= 0.6 is 0 Å². The van der Waals surface area contributed by atoms with Crippen LogP contribution in [0, 0.1) is 22.9 Å². The van der Waals surface area contributed by atoms with Crippen molar-refractivity contribution in [1.29, 1.82) is 0 Å². The van der Waals surface area contributed by atoms with Crippen LogP contribution in [0.2, 0.25) is 0 Å². The number of halogens is 3. The maximum atomic E-state index is 13.6. The van der Waals surface area contributed by atoms with Gasteiger partial charge < -0.3 is 15.4 Å². The van der Waals surface area contributed by atoms with E-state index in [1.807, 2.05) is 0 Å². The summed E-state index contributed by atoms with van der Waals surface area (Å²) in [5.74, 6) is -5.97. The SMILES string of the molecule is CC(C)(C(=O)NCC1CCCO1)C(=O)Nc1ccc(F)c(F)c1F. The standard InChI is InChI=1S/C16H19F3N2O3/c1-16(2,14(22)20-8-9-4-3-7-24-9)15(23)21-11-6-5-10(17)12(18)13(11)19/h5-6,9H,3-4,7-8H2,1-2H3,(H,20,22)(H,21,23). The molecule has 0 aliphatic carbocycles. The minimum absolute atomic E-state index is 0.0866. The molecule has 2 amide bonds. The molecule has 132 valence electrons. The highest BCUT2D eigenvalue weighted by Gasteiger charge is 2.37. The molecular formula is C16H19F3N2O3. The van der Waals surface area contributed by atoms with E-state index in [4.69, 9.17) is 4.74 Å². The Morgan fingerprint density at radius 2 is 1.92 bits per heavy atom. The molecule has 1 unspecified atom stereocenters. The summed E-state index contributed by atoms with van der Waals surface area (Å²) in [7, 11) is 0. The molecule has 1 aliphatic rings. The van der Waals surface area contributed by atoms with Gasteiger partial charge in [-0.3, -0.25) is 9.59 Å². The zero-order valence-electron chi connectivity index (χ0n) is 13.4. The highest BCUT2D eigenvalue weighted by Crippen LogP contribution is 2.23. The lowest BCUT2D eigenvalue weighted by Crippen LogP contribution is -2.47. The topological polar surface area (TPSA) is 67.4 Å². The molecule has 1 aliphatic heterocycles. The van der Waals surface area contributed by atoms with Crippen LogP contribution in [0.5, 0.6) is 0 Å². The molecule has 1 aromatic carbocycles. The van der Waals surface area contributed by atoms with Gasteiger partial charge in [0.15, 0.2) is 17.5 Å². The van der Waals surface area contributed by atoms with Gasteiger partial charge in [-0.1, -0.05) is 0 Å². The Bertz CT molecular complexity index is 644. The number of ether oxygens (including phenoxy) is 1. The number of hydrogen-bond acceptors (Lipinski definition) is 3. The Hall–Kier alpha value is -2.09. The van der Waals surface area contributed by atoms with Gasteiger partial charge in [0, 0.05) is 13.2 Å². The van der Waals surface area contributed by atoms with Crippen molar-refractivity contribution in [2.24, 2.45) is 5.41 Å². The first kappa shape index (κ1) is 18.3. The molecule has 0 radical (unpaired) electrons. The Balaban J connectivity index is 2.01. The zero-order chi connectivity index (χ0) is 17.9. The molecule has 8 heteroatoms. The quantitative estimate of drug-likeness (QED) is 0.637. The smallest absolute Gasteiger partial charge is 0.239 e. The summed E-state index contributed by atoms with van der Waals surface area (Å²) in [5, 5.41) is 4.73. The monoisotopic (exact) mass is 344 g/mol. The van der Waals surface area contributed by atoms with E-state index in [1.165, 1.54) is 13.8 Å². The van der Waals surface area contributed by atoms with Crippen molar-refractivity contribution in [3.63, 3.8) is 0 Å². The van der Waals surface area contributed by atoms with Gasteiger partial charge in [-0.05, 0) is 38.8 Å². The number of rotatable bonds is 5. The third-order valence-electron chi connectivity index (χ3n) is 3.93. The van der Waals surface area contributed by atoms with Gasteiger partial charge in [-0.2, -0.15) is 0 Å². The van der Waals surface area contributed by atoms with Crippen molar-refractivity contribution in [1.82, 2.24) is 5.32 Å². The minimum Gasteiger partial charge on any atom is -0.376 e. The Labute approximate surface area is 137 Å². The molecule has 1 fully saturated rings. The van der Waals surface area contributed by atoms with E-state index in [9.17, 15) is 22.8 Å². The fourth-order valence-electron chi connectivity index (χ4n) is 2.24. The van der Waals surface area contributed by atoms with Crippen LogP contribution in [0.4, 0.5) is 18.9 Å². The number of hydrogen-bond donors (Lipinski definition) is 2. The van der Waals surface area contributed by atoms with Gasteiger partial charge >= 0.3 is 0 Å². The van der Waals surface area contributed by atoms with E-state index >= 15 is 0 Å². The molecule has 1 heterocycles. The van der Waals surface area contributed by atoms with Crippen molar-refractivity contribution < 1.29 is 27.5 Å². The molecule has 1 saturated heterocycles. The number of amides is 2. The number of carbonyl (C=O) groups is 2. The van der Waals surface area contributed by atoms with E-state index in [-0.39, 0.29) is 12.6 Å². The van der Waals surface area contributed by atoms with Crippen molar-refractivity contribution >= 4 is 17.5 Å². The molecule has 1 aromatic rings. The predicted molar refractivity (Wildman–Crippen MR) is 80.7 cm³/mol. The predicted octanol–water partition coefficient (Wildman–Crippen LogP) is 2.36. The molecule has 5 nitrogen and oxygen atoms in total. The fraction of sp³-hybridized carbons (Fsp3) is 0.500. The highest BCUT2D eigenvalue weighted by atomic mass is 19.2. The largest absolute Gasteiger partial charge is 0.376 e. The van der Waals surface area contributed by atoms with Crippen molar-refractivity contribution in [2.75, 3.05) is 18.5 Å². The number of benzene rings is 1. The van der Waals surface area contributed by atoms with Gasteiger partial charge in [0.05, 0.1) is 11.8 Å². The lowest BCUT2D eigenvalue weighted by Gasteiger charge is -2.23. The van der Waals surface area contributed by atoms with E-state index in [0.29, 0.717) is 12.7 Å². The fourth-order valence-corrected chi connectivity index (χ4v) is 2.24. The second-order valence-electron chi connectivity index (χ2n) is 6.15. The second-order valence-corrected chi connectivity index (χ2v) is 6.15. The first-order chi connectivity index (χ1) is 11.2.